The molecule has 0 aromatic rings. The maximum absolute atomic E-state index is 12.9. The van der Waals surface area contributed by atoms with Gasteiger partial charge in [0.15, 0.2) is 6.10 Å². The van der Waals surface area contributed by atoms with Gasteiger partial charge in [-0.2, -0.15) is 0 Å². The SMILES string of the molecule is CC/C=C\C/C=C\C/C=C\C/C=C\CCCCC(=O)OCC(COC(=O)CCCCCCCCCCCCCCCCCCCCC/C=C\CCCCCCCCCC)OC(=O)CCCCCCCCC/C=C\C/C=C\CCCCCC. The summed E-state index contributed by atoms with van der Waals surface area (Å²) in [5.41, 5.74) is 0. The van der Waals surface area contributed by atoms with Crippen LogP contribution in [0.1, 0.15) is 361 Å². The normalized spacial score (nSPS) is 12.6. The fraction of sp³-hybridized carbons (Fsp3) is 0.776. The number of carbonyl (C=O) groups is 3. The summed E-state index contributed by atoms with van der Waals surface area (Å²) in [7, 11) is 0. The van der Waals surface area contributed by atoms with Crippen LogP contribution in [-0.4, -0.2) is 37.2 Å². The van der Waals surface area contributed by atoms with Crippen LogP contribution in [0.5, 0.6) is 0 Å². The molecule has 0 saturated carbocycles. The Morgan fingerprint density at radius 1 is 0.256 bits per heavy atom. The zero-order valence-electron chi connectivity index (χ0n) is 54.5. The molecule has 0 aromatic carbocycles. The molecule has 0 aromatic heterocycles. The highest BCUT2D eigenvalue weighted by Crippen LogP contribution is 2.18. The summed E-state index contributed by atoms with van der Waals surface area (Å²) >= 11 is 0. The molecule has 6 heteroatoms. The van der Waals surface area contributed by atoms with Gasteiger partial charge in [0.2, 0.25) is 0 Å². The van der Waals surface area contributed by atoms with Gasteiger partial charge in [-0.1, -0.05) is 311 Å². The number of hydrogen-bond acceptors (Lipinski definition) is 6. The number of unbranched alkanes of at least 4 members (excludes halogenated alkanes) is 40. The third-order valence-corrected chi connectivity index (χ3v) is 15.6. The molecule has 0 aliphatic rings. The highest BCUT2D eigenvalue weighted by molar-refractivity contribution is 5.71. The second-order valence-electron chi connectivity index (χ2n) is 23.8. The zero-order valence-corrected chi connectivity index (χ0v) is 54.5. The summed E-state index contributed by atoms with van der Waals surface area (Å²) < 4.78 is 16.9. The van der Waals surface area contributed by atoms with Crippen LogP contribution in [0.15, 0.2) is 85.1 Å². The lowest BCUT2D eigenvalue weighted by Crippen LogP contribution is -2.30. The summed E-state index contributed by atoms with van der Waals surface area (Å²) in [4.78, 5) is 38.4. The van der Waals surface area contributed by atoms with Crippen molar-refractivity contribution in [3.63, 3.8) is 0 Å². The zero-order chi connectivity index (χ0) is 59.2. The molecular formula is C76H134O6. The Labute approximate surface area is 509 Å². The first-order chi connectivity index (χ1) is 40.5. The van der Waals surface area contributed by atoms with Crippen LogP contribution in [0.3, 0.4) is 0 Å². The molecule has 82 heavy (non-hydrogen) atoms. The minimum atomic E-state index is -0.799. The molecule has 0 aliphatic carbocycles. The van der Waals surface area contributed by atoms with E-state index in [4.69, 9.17) is 14.2 Å². The molecule has 0 amide bonds. The number of hydrogen-bond donors (Lipinski definition) is 0. The standard InChI is InChI=1S/C76H134O6/c1-4-7-10-13-16-19-22-25-28-30-32-33-34-35-36-37-38-39-40-41-42-43-44-46-48-51-54-57-60-63-66-69-75(78)81-72-73(71-80-74(77)68-65-62-59-56-53-50-47-27-24-21-18-15-12-9-6-3)82-76(79)70-67-64-61-58-55-52-49-45-31-29-26-23-20-17-14-11-8-5-2/h9,12,18,20-21,23,27,29-32,47,53,56,73H,4-8,10-11,13-17,19,22,24-26,28,33-46,48-52,54-55,57-72H2,1-3H3/b12-9-,21-18-,23-20-,31-29-,32-30-,47-27-,56-53-. The van der Waals surface area contributed by atoms with Crippen LogP contribution >= 0.6 is 0 Å². The summed E-state index contributed by atoms with van der Waals surface area (Å²) in [5.74, 6) is -0.925. The molecule has 0 bridgehead atoms. The number of rotatable bonds is 65. The van der Waals surface area contributed by atoms with Gasteiger partial charge in [0.25, 0.3) is 0 Å². The van der Waals surface area contributed by atoms with Crippen LogP contribution in [0.2, 0.25) is 0 Å². The Bertz CT molecular complexity index is 1550. The lowest BCUT2D eigenvalue weighted by Gasteiger charge is -2.18. The van der Waals surface area contributed by atoms with E-state index in [9.17, 15) is 14.4 Å². The fourth-order valence-electron chi connectivity index (χ4n) is 10.3. The first-order valence-electron chi connectivity index (χ1n) is 35.6. The van der Waals surface area contributed by atoms with E-state index in [0.29, 0.717) is 19.3 Å². The molecule has 474 valence electrons. The molecule has 0 radical (unpaired) electrons. The van der Waals surface area contributed by atoms with Crippen molar-refractivity contribution in [3.8, 4) is 0 Å². The highest BCUT2D eigenvalue weighted by Gasteiger charge is 2.19. The van der Waals surface area contributed by atoms with Crippen LogP contribution in [-0.2, 0) is 28.6 Å². The lowest BCUT2D eigenvalue weighted by molar-refractivity contribution is -0.167. The molecule has 0 aliphatic heterocycles. The second kappa shape index (κ2) is 70.1. The second-order valence-corrected chi connectivity index (χ2v) is 23.8. The van der Waals surface area contributed by atoms with E-state index in [0.717, 1.165) is 96.3 Å². The van der Waals surface area contributed by atoms with Crippen LogP contribution < -0.4 is 0 Å². The minimum absolute atomic E-state index is 0.0905. The van der Waals surface area contributed by atoms with Gasteiger partial charge in [-0.3, -0.25) is 14.4 Å². The van der Waals surface area contributed by atoms with Crippen molar-refractivity contribution in [3.05, 3.63) is 85.1 Å². The third kappa shape index (κ3) is 67.4. The van der Waals surface area contributed by atoms with E-state index in [1.54, 1.807) is 0 Å². The lowest BCUT2D eigenvalue weighted by atomic mass is 10.0. The quantitative estimate of drug-likeness (QED) is 0.0261. The van der Waals surface area contributed by atoms with Crippen LogP contribution in [0.4, 0.5) is 0 Å². The predicted octanol–water partition coefficient (Wildman–Crippen LogP) is 24.6. The van der Waals surface area contributed by atoms with Crippen LogP contribution in [0, 0.1) is 0 Å². The summed E-state index contributed by atoms with van der Waals surface area (Å²) in [6.07, 6.45) is 93.4. The van der Waals surface area contributed by atoms with Gasteiger partial charge in [0.05, 0.1) is 0 Å². The van der Waals surface area contributed by atoms with Crippen molar-refractivity contribution in [1.82, 2.24) is 0 Å². The van der Waals surface area contributed by atoms with Crippen molar-refractivity contribution >= 4 is 17.9 Å². The van der Waals surface area contributed by atoms with E-state index < -0.39 is 6.10 Å². The maximum Gasteiger partial charge on any atom is 0.306 e. The summed E-state index contributed by atoms with van der Waals surface area (Å²) in [6, 6.07) is 0. The minimum Gasteiger partial charge on any atom is -0.462 e. The van der Waals surface area contributed by atoms with E-state index in [2.05, 4.69) is 106 Å². The molecule has 0 heterocycles. The number of ether oxygens (including phenoxy) is 3. The number of carbonyl (C=O) groups excluding carboxylic acids is 3. The molecular weight excluding hydrogens is 1010 g/mol. The topological polar surface area (TPSA) is 78.9 Å². The van der Waals surface area contributed by atoms with Gasteiger partial charge in [-0.15, -0.1) is 0 Å². The van der Waals surface area contributed by atoms with E-state index >= 15 is 0 Å². The smallest absolute Gasteiger partial charge is 0.306 e. The Morgan fingerprint density at radius 2 is 0.476 bits per heavy atom. The molecule has 1 atom stereocenters. The molecule has 0 fully saturated rings. The van der Waals surface area contributed by atoms with Gasteiger partial charge >= 0.3 is 17.9 Å². The van der Waals surface area contributed by atoms with Gasteiger partial charge in [-0.25, -0.2) is 0 Å². The molecule has 6 nitrogen and oxygen atoms in total. The number of esters is 3. The van der Waals surface area contributed by atoms with Crippen molar-refractivity contribution in [2.75, 3.05) is 13.2 Å². The highest BCUT2D eigenvalue weighted by atomic mass is 16.6. The Kier molecular flexibility index (Phi) is 67.2. The average Bonchev–Trinajstić information content (AvgIpc) is 3.47. The Morgan fingerprint density at radius 3 is 0.793 bits per heavy atom. The monoisotopic (exact) mass is 1140 g/mol. The van der Waals surface area contributed by atoms with Gasteiger partial charge in [-0.05, 0) is 116 Å². The van der Waals surface area contributed by atoms with Gasteiger partial charge in [0.1, 0.15) is 13.2 Å². The maximum atomic E-state index is 12.9. The molecule has 0 rings (SSSR count). The number of allylic oxidation sites excluding steroid dienone is 14. The van der Waals surface area contributed by atoms with E-state index in [1.807, 2.05) is 0 Å². The first kappa shape index (κ1) is 78.6. The van der Waals surface area contributed by atoms with E-state index in [-0.39, 0.29) is 31.1 Å². The molecule has 0 saturated heterocycles. The summed E-state index contributed by atoms with van der Waals surface area (Å²) in [6.45, 7) is 6.51. The van der Waals surface area contributed by atoms with Crippen molar-refractivity contribution in [2.45, 2.75) is 367 Å². The molecule has 1 unspecified atom stereocenters. The first-order valence-corrected chi connectivity index (χ1v) is 35.6. The molecule has 0 spiro atoms. The largest absolute Gasteiger partial charge is 0.462 e. The average molecular weight is 1140 g/mol. The van der Waals surface area contributed by atoms with Crippen molar-refractivity contribution in [1.29, 1.82) is 0 Å². The van der Waals surface area contributed by atoms with Crippen molar-refractivity contribution in [2.24, 2.45) is 0 Å². The Hall–Kier alpha value is -3.41. The summed E-state index contributed by atoms with van der Waals surface area (Å²) in [5, 5.41) is 0. The predicted molar refractivity (Wildman–Crippen MR) is 358 cm³/mol. The molecule has 0 N–H and O–H groups in total. The van der Waals surface area contributed by atoms with Crippen molar-refractivity contribution < 1.29 is 28.6 Å². The van der Waals surface area contributed by atoms with E-state index in [1.165, 1.54) is 225 Å². The van der Waals surface area contributed by atoms with Gasteiger partial charge < -0.3 is 14.2 Å². The van der Waals surface area contributed by atoms with Crippen LogP contribution in [0.25, 0.3) is 0 Å². The Balaban J connectivity index is 4.24. The third-order valence-electron chi connectivity index (χ3n) is 15.6. The fourth-order valence-corrected chi connectivity index (χ4v) is 10.3. The van der Waals surface area contributed by atoms with Gasteiger partial charge in [0, 0.05) is 19.3 Å².